The minimum Gasteiger partial charge on any atom is -0.454 e. The third-order valence-corrected chi connectivity index (χ3v) is 4.70. The summed E-state index contributed by atoms with van der Waals surface area (Å²) in [5, 5.41) is 18.2. The van der Waals surface area contributed by atoms with E-state index in [9.17, 15) is 14.9 Å². The van der Waals surface area contributed by atoms with E-state index in [0.29, 0.717) is 40.7 Å². The highest BCUT2D eigenvalue weighted by Crippen LogP contribution is 2.34. The molecule has 0 fully saturated rings. The maximum absolute atomic E-state index is 12.5. The van der Waals surface area contributed by atoms with Crippen molar-refractivity contribution in [2.75, 3.05) is 12.1 Å². The molecule has 29 heavy (non-hydrogen) atoms. The standard InChI is InChI=1S/C20H18N4O5/c1-12-19(24(26)27)13(2)23(22-12)10-14-3-5-15(6-4-14)20(25)21-16-7-8-17-18(9-16)29-11-28-17/h3-9H,10-11H2,1-2H3,(H,21,25). The number of rotatable bonds is 5. The van der Waals surface area contributed by atoms with Gasteiger partial charge in [-0.1, -0.05) is 12.1 Å². The van der Waals surface area contributed by atoms with Crippen LogP contribution in [0.15, 0.2) is 42.5 Å². The molecule has 2 heterocycles. The first kappa shape index (κ1) is 18.5. The zero-order chi connectivity index (χ0) is 20.5. The predicted octanol–water partition coefficient (Wildman–Crippen LogP) is 3.44. The Balaban J connectivity index is 1.46. The van der Waals surface area contributed by atoms with Gasteiger partial charge in [-0.15, -0.1) is 0 Å². The summed E-state index contributed by atoms with van der Waals surface area (Å²) in [5.74, 6) is 0.992. The normalized spacial score (nSPS) is 12.1. The van der Waals surface area contributed by atoms with Crippen molar-refractivity contribution < 1.29 is 19.2 Å². The van der Waals surface area contributed by atoms with E-state index in [4.69, 9.17) is 9.47 Å². The summed E-state index contributed by atoms with van der Waals surface area (Å²) in [7, 11) is 0. The van der Waals surface area contributed by atoms with Gasteiger partial charge in [0.05, 0.1) is 11.5 Å². The van der Waals surface area contributed by atoms with Crippen LogP contribution in [0.3, 0.4) is 0 Å². The van der Waals surface area contributed by atoms with Gasteiger partial charge in [0.25, 0.3) is 5.91 Å². The zero-order valence-electron chi connectivity index (χ0n) is 15.8. The largest absolute Gasteiger partial charge is 0.454 e. The number of fused-ring (bicyclic) bond motifs is 1. The summed E-state index contributed by atoms with van der Waals surface area (Å²) in [4.78, 5) is 23.2. The molecule has 0 atom stereocenters. The van der Waals surface area contributed by atoms with Gasteiger partial charge in [0.2, 0.25) is 6.79 Å². The van der Waals surface area contributed by atoms with Crippen molar-refractivity contribution in [3.05, 3.63) is 75.1 Å². The summed E-state index contributed by atoms with van der Waals surface area (Å²) in [5.41, 5.74) is 2.89. The van der Waals surface area contributed by atoms with Crippen LogP contribution in [-0.4, -0.2) is 27.4 Å². The van der Waals surface area contributed by atoms with Gasteiger partial charge < -0.3 is 14.8 Å². The minimum absolute atomic E-state index is 0.0322. The Labute approximate surface area is 166 Å². The number of anilines is 1. The highest BCUT2D eigenvalue weighted by Gasteiger charge is 2.21. The van der Waals surface area contributed by atoms with Crippen LogP contribution in [-0.2, 0) is 6.54 Å². The van der Waals surface area contributed by atoms with Gasteiger partial charge in [-0.2, -0.15) is 5.10 Å². The van der Waals surface area contributed by atoms with E-state index in [1.165, 1.54) is 0 Å². The number of carbonyl (C=O) groups excluding carboxylic acids is 1. The van der Waals surface area contributed by atoms with E-state index >= 15 is 0 Å². The molecule has 0 saturated heterocycles. The second kappa shape index (κ2) is 7.27. The fraction of sp³-hybridized carbons (Fsp3) is 0.200. The first-order chi connectivity index (χ1) is 13.9. The Morgan fingerprint density at radius 2 is 1.90 bits per heavy atom. The maximum atomic E-state index is 12.5. The Bertz CT molecular complexity index is 1100. The number of nitro groups is 1. The van der Waals surface area contributed by atoms with Crippen LogP contribution in [0.4, 0.5) is 11.4 Å². The van der Waals surface area contributed by atoms with Crippen molar-refractivity contribution in [3.63, 3.8) is 0 Å². The Morgan fingerprint density at radius 1 is 1.17 bits per heavy atom. The lowest BCUT2D eigenvalue weighted by atomic mass is 10.1. The van der Waals surface area contributed by atoms with E-state index in [0.717, 1.165) is 5.56 Å². The van der Waals surface area contributed by atoms with Crippen LogP contribution in [0.5, 0.6) is 11.5 Å². The SMILES string of the molecule is Cc1nn(Cc2ccc(C(=O)Nc3ccc4c(c3)OCO4)cc2)c(C)c1[N+](=O)[O-]. The molecule has 0 bridgehead atoms. The van der Waals surface area contributed by atoms with Crippen LogP contribution in [0.2, 0.25) is 0 Å². The Kier molecular flexibility index (Phi) is 4.63. The molecule has 0 unspecified atom stereocenters. The van der Waals surface area contributed by atoms with Crippen molar-refractivity contribution in [1.29, 1.82) is 0 Å². The molecule has 0 aliphatic carbocycles. The molecule has 0 spiro atoms. The lowest BCUT2D eigenvalue weighted by Gasteiger charge is -2.08. The number of amides is 1. The van der Waals surface area contributed by atoms with Crippen LogP contribution >= 0.6 is 0 Å². The zero-order valence-corrected chi connectivity index (χ0v) is 15.8. The van der Waals surface area contributed by atoms with Crippen molar-refractivity contribution in [1.82, 2.24) is 9.78 Å². The number of hydrogen-bond acceptors (Lipinski definition) is 6. The predicted molar refractivity (Wildman–Crippen MR) is 104 cm³/mol. The first-order valence-corrected chi connectivity index (χ1v) is 8.90. The molecule has 148 valence electrons. The van der Waals surface area contributed by atoms with Crippen LogP contribution in [0, 0.1) is 24.0 Å². The van der Waals surface area contributed by atoms with Crippen molar-refractivity contribution in [2.24, 2.45) is 0 Å². The molecule has 0 saturated carbocycles. The number of carbonyl (C=O) groups is 1. The fourth-order valence-electron chi connectivity index (χ4n) is 3.22. The summed E-state index contributed by atoms with van der Waals surface area (Å²) < 4.78 is 12.2. The molecule has 1 aliphatic rings. The second-order valence-corrected chi connectivity index (χ2v) is 6.65. The van der Waals surface area contributed by atoms with E-state index in [-0.39, 0.29) is 18.4 Å². The second-order valence-electron chi connectivity index (χ2n) is 6.65. The molecule has 1 aromatic heterocycles. The molecule has 1 N–H and O–H groups in total. The average Bonchev–Trinajstić information content (AvgIpc) is 3.26. The summed E-state index contributed by atoms with van der Waals surface area (Å²) in [6.45, 7) is 3.84. The van der Waals surface area contributed by atoms with Gasteiger partial charge in [-0.05, 0) is 43.7 Å². The highest BCUT2D eigenvalue weighted by atomic mass is 16.7. The van der Waals surface area contributed by atoms with E-state index in [1.54, 1.807) is 61.0 Å². The molecular formula is C20H18N4O5. The third kappa shape index (κ3) is 3.62. The molecule has 1 aliphatic heterocycles. The third-order valence-electron chi connectivity index (χ3n) is 4.70. The number of benzene rings is 2. The highest BCUT2D eigenvalue weighted by molar-refractivity contribution is 6.04. The van der Waals surface area contributed by atoms with Crippen LogP contribution in [0.25, 0.3) is 0 Å². The summed E-state index contributed by atoms with van der Waals surface area (Å²) in [6, 6.07) is 12.2. The lowest BCUT2D eigenvalue weighted by molar-refractivity contribution is -0.386. The lowest BCUT2D eigenvalue weighted by Crippen LogP contribution is -2.12. The van der Waals surface area contributed by atoms with Crippen molar-refractivity contribution in [2.45, 2.75) is 20.4 Å². The summed E-state index contributed by atoms with van der Waals surface area (Å²) >= 11 is 0. The first-order valence-electron chi connectivity index (χ1n) is 8.90. The number of aromatic nitrogens is 2. The molecular weight excluding hydrogens is 376 g/mol. The quantitative estimate of drug-likeness (QED) is 0.525. The van der Waals surface area contributed by atoms with E-state index in [1.807, 2.05) is 0 Å². The van der Waals surface area contributed by atoms with Gasteiger partial charge >= 0.3 is 5.69 Å². The molecule has 0 radical (unpaired) electrons. The van der Waals surface area contributed by atoms with Gasteiger partial charge in [-0.3, -0.25) is 19.6 Å². The van der Waals surface area contributed by atoms with E-state index in [2.05, 4.69) is 10.4 Å². The Hall–Kier alpha value is -3.88. The van der Waals surface area contributed by atoms with Crippen molar-refractivity contribution in [3.8, 4) is 11.5 Å². The van der Waals surface area contributed by atoms with Gasteiger partial charge in [0.1, 0.15) is 11.4 Å². The molecule has 9 nitrogen and oxygen atoms in total. The molecule has 4 rings (SSSR count). The molecule has 1 amide bonds. The topological polar surface area (TPSA) is 109 Å². The summed E-state index contributed by atoms with van der Waals surface area (Å²) in [6.07, 6.45) is 0. The van der Waals surface area contributed by atoms with E-state index < -0.39 is 4.92 Å². The smallest absolute Gasteiger partial charge is 0.312 e. The van der Waals surface area contributed by atoms with Gasteiger partial charge in [0, 0.05) is 17.3 Å². The minimum atomic E-state index is -0.419. The maximum Gasteiger partial charge on any atom is 0.312 e. The van der Waals surface area contributed by atoms with Crippen LogP contribution < -0.4 is 14.8 Å². The number of ether oxygens (including phenoxy) is 2. The number of aryl methyl sites for hydroxylation is 1. The number of nitrogens with zero attached hydrogens (tertiary/aromatic N) is 3. The molecule has 9 heteroatoms. The average molecular weight is 394 g/mol. The fourth-order valence-corrected chi connectivity index (χ4v) is 3.22. The van der Waals surface area contributed by atoms with Gasteiger partial charge in [0.15, 0.2) is 11.5 Å². The number of nitrogens with one attached hydrogen (secondary N) is 1. The number of hydrogen-bond donors (Lipinski definition) is 1. The molecule has 3 aromatic rings. The molecule has 2 aromatic carbocycles. The Morgan fingerprint density at radius 3 is 2.59 bits per heavy atom. The van der Waals surface area contributed by atoms with Gasteiger partial charge in [-0.25, -0.2) is 0 Å². The van der Waals surface area contributed by atoms with Crippen LogP contribution in [0.1, 0.15) is 27.3 Å². The monoisotopic (exact) mass is 394 g/mol. The van der Waals surface area contributed by atoms with Crippen molar-refractivity contribution >= 4 is 17.3 Å².